The Balaban J connectivity index is 2.51. The molecule has 74 valence electrons. The van der Waals surface area contributed by atoms with Crippen LogP contribution < -0.4 is 0 Å². The number of halogens is 1. The summed E-state index contributed by atoms with van der Waals surface area (Å²) in [5.41, 5.74) is 1.24. The SMILES string of the molecule is CC(C)Cc1nc2ccccn2c1F. The van der Waals surface area contributed by atoms with Crippen LogP contribution in [0.1, 0.15) is 19.5 Å². The molecule has 0 aliphatic carbocycles. The lowest BCUT2D eigenvalue weighted by atomic mass is 10.1. The number of imidazole rings is 1. The Labute approximate surface area is 82.4 Å². The van der Waals surface area contributed by atoms with E-state index < -0.39 is 0 Å². The van der Waals surface area contributed by atoms with E-state index in [9.17, 15) is 4.39 Å². The van der Waals surface area contributed by atoms with Gasteiger partial charge in [0, 0.05) is 6.20 Å². The van der Waals surface area contributed by atoms with Crippen molar-refractivity contribution >= 4 is 5.65 Å². The van der Waals surface area contributed by atoms with E-state index >= 15 is 0 Å². The van der Waals surface area contributed by atoms with Crippen LogP contribution in [0.2, 0.25) is 0 Å². The Morgan fingerprint density at radius 2 is 2.21 bits per heavy atom. The van der Waals surface area contributed by atoms with Crippen molar-refractivity contribution in [1.82, 2.24) is 9.38 Å². The van der Waals surface area contributed by atoms with Gasteiger partial charge in [0.25, 0.3) is 0 Å². The second-order valence-corrected chi connectivity index (χ2v) is 3.88. The van der Waals surface area contributed by atoms with Crippen molar-refractivity contribution in [1.29, 1.82) is 0 Å². The number of fused-ring (bicyclic) bond motifs is 1. The van der Waals surface area contributed by atoms with Crippen molar-refractivity contribution in [3.05, 3.63) is 36.0 Å². The smallest absolute Gasteiger partial charge is 0.221 e. The van der Waals surface area contributed by atoms with Gasteiger partial charge in [-0.1, -0.05) is 19.9 Å². The van der Waals surface area contributed by atoms with Crippen molar-refractivity contribution < 1.29 is 4.39 Å². The van der Waals surface area contributed by atoms with Crippen molar-refractivity contribution in [2.24, 2.45) is 5.92 Å². The maximum atomic E-state index is 13.7. The van der Waals surface area contributed by atoms with Crippen LogP contribution >= 0.6 is 0 Å². The average molecular weight is 192 g/mol. The Morgan fingerprint density at radius 3 is 2.86 bits per heavy atom. The summed E-state index contributed by atoms with van der Waals surface area (Å²) in [4.78, 5) is 4.24. The molecule has 0 unspecified atom stereocenters. The molecule has 0 aliphatic heterocycles. The van der Waals surface area contributed by atoms with Crippen molar-refractivity contribution in [2.75, 3.05) is 0 Å². The van der Waals surface area contributed by atoms with Gasteiger partial charge in [0.1, 0.15) is 5.65 Å². The molecule has 2 aromatic rings. The zero-order chi connectivity index (χ0) is 10.1. The number of hydrogen-bond donors (Lipinski definition) is 0. The highest BCUT2D eigenvalue weighted by molar-refractivity contribution is 5.40. The molecule has 0 saturated heterocycles. The van der Waals surface area contributed by atoms with Gasteiger partial charge in [-0.15, -0.1) is 0 Å². The molecule has 0 aliphatic rings. The molecule has 2 heterocycles. The Bertz CT molecular complexity index is 445. The zero-order valence-corrected chi connectivity index (χ0v) is 8.37. The van der Waals surface area contributed by atoms with Crippen molar-refractivity contribution in [3.63, 3.8) is 0 Å². The van der Waals surface area contributed by atoms with Crippen molar-refractivity contribution in [2.45, 2.75) is 20.3 Å². The van der Waals surface area contributed by atoms with E-state index in [1.165, 1.54) is 4.40 Å². The normalized spacial score (nSPS) is 11.4. The zero-order valence-electron chi connectivity index (χ0n) is 8.37. The molecule has 0 fully saturated rings. The summed E-state index contributed by atoms with van der Waals surface area (Å²) in [6.07, 6.45) is 2.38. The fraction of sp³-hybridized carbons (Fsp3) is 0.364. The minimum absolute atomic E-state index is 0.227. The standard InChI is InChI=1S/C11H13FN2/c1-8(2)7-9-11(12)14-6-4-3-5-10(14)13-9/h3-6,8H,7H2,1-2H3. The van der Waals surface area contributed by atoms with E-state index in [0.717, 1.165) is 0 Å². The highest BCUT2D eigenvalue weighted by Crippen LogP contribution is 2.14. The third-order valence-corrected chi connectivity index (χ3v) is 2.14. The summed E-state index contributed by atoms with van der Waals surface area (Å²) < 4.78 is 15.2. The molecule has 0 amide bonds. The van der Waals surface area contributed by atoms with E-state index in [1.807, 2.05) is 12.1 Å². The lowest BCUT2D eigenvalue weighted by molar-refractivity contribution is 0.534. The van der Waals surface area contributed by atoms with E-state index in [-0.39, 0.29) is 5.95 Å². The van der Waals surface area contributed by atoms with Crippen LogP contribution in [0.15, 0.2) is 24.4 Å². The van der Waals surface area contributed by atoms with Crippen LogP contribution in [0.25, 0.3) is 5.65 Å². The predicted molar refractivity (Wildman–Crippen MR) is 53.7 cm³/mol. The molecule has 0 bridgehead atoms. The third-order valence-electron chi connectivity index (χ3n) is 2.14. The molecule has 0 spiro atoms. The van der Waals surface area contributed by atoms with Gasteiger partial charge in [-0.2, -0.15) is 4.39 Å². The van der Waals surface area contributed by atoms with E-state index in [0.29, 0.717) is 23.7 Å². The molecule has 3 heteroatoms. The van der Waals surface area contributed by atoms with Gasteiger partial charge in [0.2, 0.25) is 5.95 Å². The maximum absolute atomic E-state index is 13.7. The van der Waals surface area contributed by atoms with Gasteiger partial charge in [-0.05, 0) is 24.5 Å². The van der Waals surface area contributed by atoms with Gasteiger partial charge < -0.3 is 0 Å². The summed E-state index contributed by atoms with van der Waals surface area (Å²) in [5.74, 6) is 0.198. The van der Waals surface area contributed by atoms with Crippen LogP contribution in [0.3, 0.4) is 0 Å². The Kier molecular flexibility index (Phi) is 2.23. The van der Waals surface area contributed by atoms with Gasteiger partial charge >= 0.3 is 0 Å². The molecule has 0 radical (unpaired) electrons. The number of hydrogen-bond acceptors (Lipinski definition) is 1. The lowest BCUT2D eigenvalue weighted by Crippen LogP contribution is -1.97. The van der Waals surface area contributed by atoms with Crippen LogP contribution in [-0.4, -0.2) is 9.38 Å². The minimum atomic E-state index is -0.227. The first kappa shape index (κ1) is 9.19. The van der Waals surface area contributed by atoms with Gasteiger partial charge in [-0.25, -0.2) is 4.98 Å². The predicted octanol–water partition coefficient (Wildman–Crippen LogP) is 2.67. The van der Waals surface area contributed by atoms with Crippen LogP contribution in [-0.2, 0) is 6.42 Å². The van der Waals surface area contributed by atoms with E-state index in [1.54, 1.807) is 12.3 Å². The number of pyridine rings is 1. The summed E-state index contributed by atoms with van der Waals surface area (Å²) in [5, 5.41) is 0. The average Bonchev–Trinajstić information content (AvgIpc) is 2.44. The summed E-state index contributed by atoms with van der Waals surface area (Å²) in [6.45, 7) is 4.12. The maximum Gasteiger partial charge on any atom is 0.221 e. The summed E-state index contributed by atoms with van der Waals surface area (Å²) in [6, 6.07) is 5.48. The molecular formula is C11H13FN2. The molecule has 0 aromatic carbocycles. The molecule has 0 saturated carbocycles. The quantitative estimate of drug-likeness (QED) is 0.715. The molecule has 2 nitrogen and oxygen atoms in total. The van der Waals surface area contributed by atoms with Crippen LogP contribution in [0.4, 0.5) is 4.39 Å². The second-order valence-electron chi connectivity index (χ2n) is 3.88. The van der Waals surface area contributed by atoms with Crippen LogP contribution in [0, 0.1) is 11.9 Å². The fourth-order valence-corrected chi connectivity index (χ4v) is 1.53. The Hall–Kier alpha value is -1.38. The molecule has 2 rings (SSSR count). The van der Waals surface area contributed by atoms with Gasteiger partial charge in [0.15, 0.2) is 0 Å². The van der Waals surface area contributed by atoms with E-state index in [4.69, 9.17) is 0 Å². The first-order valence-electron chi connectivity index (χ1n) is 4.80. The summed E-state index contributed by atoms with van der Waals surface area (Å²) >= 11 is 0. The van der Waals surface area contributed by atoms with E-state index in [2.05, 4.69) is 18.8 Å². The lowest BCUT2D eigenvalue weighted by Gasteiger charge is -1.99. The highest BCUT2D eigenvalue weighted by atomic mass is 19.1. The largest absolute Gasteiger partial charge is 0.276 e. The molecule has 14 heavy (non-hydrogen) atoms. The summed E-state index contributed by atoms with van der Waals surface area (Å²) in [7, 11) is 0. The number of rotatable bonds is 2. The third kappa shape index (κ3) is 1.50. The fourth-order valence-electron chi connectivity index (χ4n) is 1.53. The molecular weight excluding hydrogens is 179 g/mol. The number of aromatic nitrogens is 2. The minimum Gasteiger partial charge on any atom is -0.276 e. The monoisotopic (exact) mass is 192 g/mol. The molecule has 0 atom stereocenters. The first-order chi connectivity index (χ1) is 6.68. The van der Waals surface area contributed by atoms with Gasteiger partial charge in [-0.3, -0.25) is 4.40 Å². The first-order valence-corrected chi connectivity index (χ1v) is 4.80. The Morgan fingerprint density at radius 1 is 1.43 bits per heavy atom. The topological polar surface area (TPSA) is 17.3 Å². The van der Waals surface area contributed by atoms with Crippen molar-refractivity contribution in [3.8, 4) is 0 Å². The van der Waals surface area contributed by atoms with Gasteiger partial charge in [0.05, 0.1) is 5.69 Å². The number of nitrogens with zero attached hydrogens (tertiary/aromatic N) is 2. The molecule has 0 N–H and O–H groups in total. The second kappa shape index (κ2) is 3.40. The molecule has 2 aromatic heterocycles. The van der Waals surface area contributed by atoms with Crippen LogP contribution in [0.5, 0.6) is 0 Å². The highest BCUT2D eigenvalue weighted by Gasteiger charge is 2.11.